The fourth-order valence-corrected chi connectivity index (χ4v) is 2.96. The second kappa shape index (κ2) is 6.51. The first-order chi connectivity index (χ1) is 9.92. The second-order valence-corrected chi connectivity index (χ2v) is 11.2. The zero-order valence-electron chi connectivity index (χ0n) is 13.3. The Kier molecular flexibility index (Phi) is 4.92. The largest absolute Gasteiger partial charge is 0.487 e. The Balaban J connectivity index is 2.02. The van der Waals surface area contributed by atoms with Crippen LogP contribution < -0.4 is 4.74 Å². The Morgan fingerprint density at radius 1 is 1.33 bits per heavy atom. The zero-order valence-corrected chi connectivity index (χ0v) is 14.3. The standard InChI is InChI=1S/C18H24O2Si/c1-5-14-10-9-12-15-17(14)18(19)16(20-15)11-7-6-8-13-21(2,3)4/h6-7,9-10,12,16,18-19H,5,11H2,1-4H3/b7-6+/t16-,18+/m0/s1. The molecule has 0 aliphatic carbocycles. The third-order valence-corrected chi connectivity index (χ3v) is 4.37. The number of fused-ring (bicyclic) bond motifs is 1. The van der Waals surface area contributed by atoms with E-state index in [1.165, 1.54) is 5.56 Å². The molecule has 0 unspecified atom stereocenters. The van der Waals surface area contributed by atoms with Crippen LogP contribution in [0, 0.1) is 11.5 Å². The van der Waals surface area contributed by atoms with Crippen molar-refractivity contribution in [1.29, 1.82) is 0 Å². The summed E-state index contributed by atoms with van der Waals surface area (Å²) in [5.41, 5.74) is 5.43. The van der Waals surface area contributed by atoms with Gasteiger partial charge in [0.05, 0.1) is 0 Å². The molecule has 2 atom stereocenters. The molecule has 2 rings (SSSR count). The van der Waals surface area contributed by atoms with E-state index in [1.54, 1.807) is 0 Å². The van der Waals surface area contributed by atoms with Crippen LogP contribution in [0.25, 0.3) is 0 Å². The van der Waals surface area contributed by atoms with Crippen molar-refractivity contribution < 1.29 is 9.84 Å². The van der Waals surface area contributed by atoms with Gasteiger partial charge in [-0.05, 0) is 24.1 Å². The van der Waals surface area contributed by atoms with Crippen LogP contribution in [0.4, 0.5) is 0 Å². The minimum atomic E-state index is -1.31. The number of aliphatic hydroxyl groups is 1. The van der Waals surface area contributed by atoms with Crippen molar-refractivity contribution in [2.24, 2.45) is 0 Å². The molecular formula is C18H24O2Si. The number of hydrogen-bond donors (Lipinski definition) is 1. The molecule has 1 aromatic rings. The number of benzene rings is 1. The van der Waals surface area contributed by atoms with Gasteiger partial charge in [0.25, 0.3) is 0 Å². The van der Waals surface area contributed by atoms with Crippen molar-refractivity contribution in [3.63, 3.8) is 0 Å². The molecule has 1 aliphatic heterocycles. The molecule has 0 saturated carbocycles. The molecule has 1 aliphatic rings. The number of hydrogen-bond acceptors (Lipinski definition) is 2. The molecule has 1 N–H and O–H groups in total. The Hall–Kier alpha value is -1.50. The predicted molar refractivity (Wildman–Crippen MR) is 90.1 cm³/mol. The molecule has 0 saturated heterocycles. The van der Waals surface area contributed by atoms with E-state index in [2.05, 4.69) is 44.1 Å². The smallest absolute Gasteiger partial charge is 0.132 e. The molecule has 0 amide bonds. The lowest BCUT2D eigenvalue weighted by molar-refractivity contribution is 0.0693. The Labute approximate surface area is 128 Å². The van der Waals surface area contributed by atoms with Crippen LogP contribution in [0.15, 0.2) is 30.4 Å². The zero-order chi connectivity index (χ0) is 15.5. The lowest BCUT2D eigenvalue weighted by atomic mass is 9.97. The molecule has 112 valence electrons. The van der Waals surface area contributed by atoms with Crippen molar-refractivity contribution in [3.8, 4) is 17.2 Å². The van der Waals surface area contributed by atoms with Gasteiger partial charge in [0.15, 0.2) is 0 Å². The first-order valence-corrected chi connectivity index (χ1v) is 11.1. The highest BCUT2D eigenvalue weighted by molar-refractivity contribution is 6.83. The molecule has 3 heteroatoms. The van der Waals surface area contributed by atoms with Crippen LogP contribution in [0.5, 0.6) is 5.75 Å². The number of aryl methyl sites for hydroxylation is 1. The van der Waals surface area contributed by atoms with Gasteiger partial charge in [-0.1, -0.05) is 50.7 Å². The monoisotopic (exact) mass is 300 g/mol. The summed E-state index contributed by atoms with van der Waals surface area (Å²) in [6, 6.07) is 5.98. The highest BCUT2D eigenvalue weighted by atomic mass is 28.3. The van der Waals surface area contributed by atoms with Gasteiger partial charge in [-0.25, -0.2) is 0 Å². The maximum atomic E-state index is 10.5. The lowest BCUT2D eigenvalue weighted by Crippen LogP contribution is -2.17. The number of allylic oxidation sites excluding steroid dienone is 1. The molecule has 0 radical (unpaired) electrons. The Morgan fingerprint density at radius 3 is 2.76 bits per heavy atom. The first-order valence-electron chi connectivity index (χ1n) is 7.56. The van der Waals surface area contributed by atoms with Crippen LogP contribution >= 0.6 is 0 Å². The highest BCUT2D eigenvalue weighted by Gasteiger charge is 2.33. The van der Waals surface area contributed by atoms with E-state index in [9.17, 15) is 5.11 Å². The van der Waals surface area contributed by atoms with Gasteiger partial charge in [0.1, 0.15) is 26.0 Å². The minimum Gasteiger partial charge on any atom is -0.487 e. The van der Waals surface area contributed by atoms with E-state index in [-0.39, 0.29) is 6.10 Å². The van der Waals surface area contributed by atoms with Gasteiger partial charge in [-0.15, -0.1) is 5.54 Å². The second-order valence-electron chi connectivity index (χ2n) is 6.44. The number of ether oxygens (including phenoxy) is 1. The Morgan fingerprint density at radius 2 is 2.10 bits per heavy atom. The van der Waals surface area contributed by atoms with Crippen molar-refractivity contribution in [1.82, 2.24) is 0 Å². The van der Waals surface area contributed by atoms with Gasteiger partial charge >= 0.3 is 0 Å². The fraction of sp³-hybridized carbons (Fsp3) is 0.444. The van der Waals surface area contributed by atoms with E-state index in [4.69, 9.17) is 4.74 Å². The molecule has 21 heavy (non-hydrogen) atoms. The minimum absolute atomic E-state index is 0.197. The van der Waals surface area contributed by atoms with E-state index >= 15 is 0 Å². The van der Waals surface area contributed by atoms with Crippen LogP contribution in [0.2, 0.25) is 19.6 Å². The first kappa shape index (κ1) is 15.9. The summed E-state index contributed by atoms with van der Waals surface area (Å²) >= 11 is 0. The fourth-order valence-electron chi connectivity index (χ4n) is 2.45. The molecular weight excluding hydrogens is 276 g/mol. The van der Waals surface area contributed by atoms with Crippen LogP contribution in [0.1, 0.15) is 30.6 Å². The van der Waals surface area contributed by atoms with Crippen LogP contribution in [0.3, 0.4) is 0 Å². The van der Waals surface area contributed by atoms with Gasteiger partial charge in [0, 0.05) is 12.0 Å². The summed E-state index contributed by atoms with van der Waals surface area (Å²) in [5, 5.41) is 10.5. The highest BCUT2D eigenvalue weighted by Crippen LogP contribution is 2.40. The number of rotatable bonds is 3. The topological polar surface area (TPSA) is 29.5 Å². The summed E-state index contributed by atoms with van der Waals surface area (Å²) in [4.78, 5) is 0. The Bertz CT molecular complexity index is 587. The van der Waals surface area contributed by atoms with Crippen molar-refractivity contribution in [3.05, 3.63) is 41.5 Å². The molecule has 0 bridgehead atoms. The molecule has 1 aromatic carbocycles. The van der Waals surface area contributed by atoms with Gasteiger partial charge in [-0.3, -0.25) is 0 Å². The lowest BCUT2D eigenvalue weighted by Gasteiger charge is -2.12. The molecule has 1 heterocycles. The van der Waals surface area contributed by atoms with Gasteiger partial charge < -0.3 is 9.84 Å². The molecule has 0 spiro atoms. The normalized spacial score (nSPS) is 20.8. The summed E-state index contributed by atoms with van der Waals surface area (Å²) in [6.45, 7) is 8.77. The van der Waals surface area contributed by atoms with Crippen LogP contribution in [-0.4, -0.2) is 19.3 Å². The summed E-state index contributed by atoms with van der Waals surface area (Å²) in [6.07, 6.45) is 4.74. The van der Waals surface area contributed by atoms with Crippen molar-refractivity contribution >= 4 is 8.07 Å². The van der Waals surface area contributed by atoms with E-state index < -0.39 is 14.2 Å². The molecule has 0 aromatic heterocycles. The third-order valence-electron chi connectivity index (χ3n) is 3.48. The average molecular weight is 300 g/mol. The van der Waals surface area contributed by atoms with Gasteiger partial charge in [-0.2, -0.15) is 0 Å². The predicted octanol–water partition coefficient (Wildman–Crippen LogP) is 3.87. The third kappa shape index (κ3) is 4.00. The van der Waals surface area contributed by atoms with E-state index in [0.717, 1.165) is 17.7 Å². The van der Waals surface area contributed by atoms with Crippen molar-refractivity contribution in [2.75, 3.05) is 0 Å². The van der Waals surface area contributed by atoms with Crippen LogP contribution in [-0.2, 0) is 6.42 Å². The van der Waals surface area contributed by atoms with Gasteiger partial charge in [0.2, 0.25) is 0 Å². The average Bonchev–Trinajstić information content (AvgIpc) is 2.74. The SMILES string of the molecule is CCc1cccc2c1[C@H](O)[C@H](C/C=C/C#C[Si](C)(C)C)O2. The van der Waals surface area contributed by atoms with E-state index in [1.807, 2.05) is 24.3 Å². The molecule has 0 fully saturated rings. The summed E-state index contributed by atoms with van der Waals surface area (Å²) in [7, 11) is -1.31. The van der Waals surface area contributed by atoms with Crippen molar-refractivity contribution in [2.45, 2.75) is 51.6 Å². The maximum Gasteiger partial charge on any atom is 0.132 e. The maximum absolute atomic E-state index is 10.5. The summed E-state index contributed by atoms with van der Waals surface area (Å²) in [5.74, 6) is 3.93. The quantitative estimate of drug-likeness (QED) is 0.678. The number of aliphatic hydroxyl groups excluding tert-OH is 1. The molecule has 2 nitrogen and oxygen atoms in total. The summed E-state index contributed by atoms with van der Waals surface area (Å²) < 4.78 is 5.87. The van der Waals surface area contributed by atoms with E-state index in [0.29, 0.717) is 6.42 Å².